The van der Waals surface area contributed by atoms with Crippen molar-refractivity contribution in [3.63, 3.8) is 0 Å². The second kappa shape index (κ2) is 12.0. The summed E-state index contributed by atoms with van der Waals surface area (Å²) in [5, 5.41) is 11.6. The second-order valence-electron chi connectivity index (χ2n) is 9.53. The lowest BCUT2D eigenvalue weighted by Gasteiger charge is -2.33. The zero-order valence-electron chi connectivity index (χ0n) is 22.2. The Morgan fingerprint density at radius 1 is 1.00 bits per heavy atom. The number of aromatic nitrogens is 3. The fourth-order valence-electron chi connectivity index (χ4n) is 5.23. The predicted molar refractivity (Wildman–Crippen MR) is 149 cm³/mol. The number of nitrogens with zero attached hydrogens (tertiary/aromatic N) is 4. The van der Waals surface area contributed by atoms with Crippen molar-refractivity contribution < 1.29 is 19.1 Å². The van der Waals surface area contributed by atoms with Crippen molar-refractivity contribution in [2.24, 2.45) is 0 Å². The fourth-order valence-corrected chi connectivity index (χ4v) is 5.23. The van der Waals surface area contributed by atoms with Gasteiger partial charge in [0.05, 0.1) is 24.9 Å². The van der Waals surface area contributed by atoms with Crippen LogP contribution in [0.15, 0.2) is 72.8 Å². The standard InChI is InChI=1S/C30H33N5O4/c1-3-39-26-18-10-6-14-22(26)29(30(37)31-21-12-4-5-13-21)35(25-17-9-11-19-27(25)38-2)28(36)20-34-24-16-8-7-15-23(24)32-33-34/h6-11,14-19,21,29H,3-5,12-13,20H2,1-2H3,(H,31,37)/t29-/m1/s1. The van der Waals surface area contributed by atoms with Gasteiger partial charge in [0.15, 0.2) is 0 Å². The Bertz CT molecular complexity index is 1450. The van der Waals surface area contributed by atoms with E-state index in [1.54, 1.807) is 23.9 Å². The second-order valence-corrected chi connectivity index (χ2v) is 9.53. The maximum absolute atomic E-state index is 14.3. The molecule has 202 valence electrons. The Labute approximate surface area is 227 Å². The average molecular weight is 528 g/mol. The molecule has 0 saturated heterocycles. The lowest BCUT2D eigenvalue weighted by atomic mass is 10.0. The molecule has 0 unspecified atom stereocenters. The van der Waals surface area contributed by atoms with Gasteiger partial charge >= 0.3 is 0 Å². The highest BCUT2D eigenvalue weighted by Crippen LogP contribution is 2.38. The first-order valence-corrected chi connectivity index (χ1v) is 13.4. The molecule has 1 aliphatic carbocycles. The molecule has 1 heterocycles. The number of hydrogen-bond donors (Lipinski definition) is 1. The number of benzene rings is 3. The molecule has 2 amide bonds. The Hall–Kier alpha value is -4.40. The Morgan fingerprint density at radius 3 is 2.46 bits per heavy atom. The Kier molecular flexibility index (Phi) is 8.05. The van der Waals surface area contributed by atoms with Crippen LogP contribution < -0.4 is 19.7 Å². The monoisotopic (exact) mass is 527 g/mol. The number of hydrogen-bond acceptors (Lipinski definition) is 6. The molecule has 0 radical (unpaired) electrons. The third kappa shape index (κ3) is 5.57. The summed E-state index contributed by atoms with van der Waals surface area (Å²) in [6, 6.07) is 21.1. The minimum Gasteiger partial charge on any atom is -0.495 e. The molecule has 9 heteroatoms. The maximum atomic E-state index is 14.3. The van der Waals surface area contributed by atoms with Gasteiger partial charge in [0.25, 0.3) is 0 Å². The van der Waals surface area contributed by atoms with E-state index in [0.717, 1.165) is 31.2 Å². The summed E-state index contributed by atoms with van der Waals surface area (Å²) in [6.45, 7) is 2.19. The van der Waals surface area contributed by atoms with Crippen molar-refractivity contribution in [1.29, 1.82) is 0 Å². The largest absolute Gasteiger partial charge is 0.495 e. The molecule has 1 N–H and O–H groups in total. The van der Waals surface area contributed by atoms with Crippen LogP contribution in [0, 0.1) is 0 Å². The van der Waals surface area contributed by atoms with E-state index in [1.807, 2.05) is 67.6 Å². The highest BCUT2D eigenvalue weighted by atomic mass is 16.5. The summed E-state index contributed by atoms with van der Waals surface area (Å²) < 4.78 is 13.2. The number of carbonyl (C=O) groups is 2. The van der Waals surface area contributed by atoms with Crippen LogP contribution in [-0.4, -0.2) is 46.6 Å². The van der Waals surface area contributed by atoms with Crippen LogP contribution >= 0.6 is 0 Å². The number of methoxy groups -OCH3 is 1. The molecule has 5 rings (SSSR count). The van der Waals surface area contributed by atoms with E-state index in [4.69, 9.17) is 9.47 Å². The average Bonchev–Trinajstić information content (AvgIpc) is 3.62. The summed E-state index contributed by atoms with van der Waals surface area (Å²) in [6.07, 6.45) is 3.97. The Morgan fingerprint density at radius 2 is 1.69 bits per heavy atom. The number of anilines is 1. The minimum absolute atomic E-state index is 0.0631. The van der Waals surface area contributed by atoms with Crippen LogP contribution in [0.1, 0.15) is 44.2 Å². The van der Waals surface area contributed by atoms with Gasteiger partial charge in [-0.15, -0.1) is 5.10 Å². The lowest BCUT2D eigenvalue weighted by Crippen LogP contribution is -2.47. The van der Waals surface area contributed by atoms with E-state index >= 15 is 0 Å². The van der Waals surface area contributed by atoms with E-state index in [9.17, 15) is 9.59 Å². The van der Waals surface area contributed by atoms with Crippen LogP contribution in [0.2, 0.25) is 0 Å². The van der Waals surface area contributed by atoms with Crippen molar-refractivity contribution >= 4 is 28.5 Å². The molecular weight excluding hydrogens is 494 g/mol. The molecule has 1 atom stereocenters. The summed E-state index contributed by atoms with van der Waals surface area (Å²) in [7, 11) is 1.55. The number of nitrogens with one attached hydrogen (secondary N) is 1. The van der Waals surface area contributed by atoms with E-state index < -0.39 is 6.04 Å². The van der Waals surface area contributed by atoms with Crippen molar-refractivity contribution in [2.45, 2.75) is 51.2 Å². The third-order valence-electron chi connectivity index (χ3n) is 7.04. The first-order chi connectivity index (χ1) is 19.1. The molecule has 9 nitrogen and oxygen atoms in total. The van der Waals surface area contributed by atoms with Gasteiger partial charge in [0.2, 0.25) is 11.8 Å². The van der Waals surface area contributed by atoms with Gasteiger partial charge in [-0.05, 0) is 50.1 Å². The summed E-state index contributed by atoms with van der Waals surface area (Å²) in [5.41, 5.74) is 2.49. The smallest absolute Gasteiger partial charge is 0.249 e. The maximum Gasteiger partial charge on any atom is 0.249 e. The van der Waals surface area contributed by atoms with Gasteiger partial charge in [0, 0.05) is 11.6 Å². The van der Waals surface area contributed by atoms with Crippen LogP contribution in [0.5, 0.6) is 11.5 Å². The molecular formula is C30H33N5O4. The first kappa shape index (κ1) is 26.2. The fraction of sp³-hybridized carbons (Fsp3) is 0.333. The molecule has 1 aliphatic rings. The van der Waals surface area contributed by atoms with Crippen LogP contribution in [0.3, 0.4) is 0 Å². The zero-order chi connectivity index (χ0) is 27.2. The van der Waals surface area contributed by atoms with E-state index in [2.05, 4.69) is 15.6 Å². The molecule has 0 aliphatic heterocycles. The number of ether oxygens (including phenoxy) is 2. The van der Waals surface area contributed by atoms with Crippen LogP contribution in [-0.2, 0) is 16.1 Å². The van der Waals surface area contributed by atoms with Crippen molar-refractivity contribution in [2.75, 3.05) is 18.6 Å². The van der Waals surface area contributed by atoms with Gasteiger partial charge in [-0.1, -0.05) is 60.5 Å². The van der Waals surface area contributed by atoms with Gasteiger partial charge in [-0.25, -0.2) is 4.68 Å². The van der Waals surface area contributed by atoms with E-state index in [-0.39, 0.29) is 24.4 Å². The van der Waals surface area contributed by atoms with E-state index in [0.29, 0.717) is 34.9 Å². The number of carbonyl (C=O) groups excluding carboxylic acids is 2. The molecule has 1 aromatic heterocycles. The van der Waals surface area contributed by atoms with Crippen LogP contribution in [0.25, 0.3) is 11.0 Å². The molecule has 3 aromatic carbocycles. The van der Waals surface area contributed by atoms with Gasteiger partial charge in [0.1, 0.15) is 29.6 Å². The highest BCUT2D eigenvalue weighted by molar-refractivity contribution is 6.03. The molecule has 0 bridgehead atoms. The normalized spacial score (nSPS) is 14.2. The SMILES string of the molecule is CCOc1ccccc1[C@H](C(=O)NC1CCCC1)N(C(=O)Cn1nnc2ccccc21)c1ccccc1OC. The number of amides is 2. The Balaban J connectivity index is 1.63. The van der Waals surface area contributed by atoms with Gasteiger partial charge < -0.3 is 14.8 Å². The molecule has 1 fully saturated rings. The van der Waals surface area contributed by atoms with Gasteiger partial charge in [-0.3, -0.25) is 14.5 Å². The van der Waals surface area contributed by atoms with Crippen molar-refractivity contribution in [1.82, 2.24) is 20.3 Å². The van der Waals surface area contributed by atoms with Crippen molar-refractivity contribution in [3.05, 3.63) is 78.4 Å². The summed E-state index contributed by atoms with van der Waals surface area (Å²) in [5.74, 6) is 0.414. The molecule has 4 aromatic rings. The first-order valence-electron chi connectivity index (χ1n) is 13.4. The minimum atomic E-state index is -1.01. The van der Waals surface area contributed by atoms with Crippen molar-refractivity contribution in [3.8, 4) is 11.5 Å². The van der Waals surface area contributed by atoms with E-state index in [1.165, 1.54) is 4.90 Å². The number of para-hydroxylation sites is 4. The quantitative estimate of drug-likeness (QED) is 0.322. The van der Waals surface area contributed by atoms with Crippen LogP contribution in [0.4, 0.5) is 5.69 Å². The number of fused-ring (bicyclic) bond motifs is 1. The topological polar surface area (TPSA) is 98.6 Å². The molecule has 39 heavy (non-hydrogen) atoms. The zero-order valence-corrected chi connectivity index (χ0v) is 22.2. The summed E-state index contributed by atoms with van der Waals surface area (Å²) >= 11 is 0. The number of rotatable bonds is 10. The lowest BCUT2D eigenvalue weighted by molar-refractivity contribution is -0.127. The predicted octanol–water partition coefficient (Wildman–Crippen LogP) is 4.67. The third-order valence-corrected chi connectivity index (χ3v) is 7.04. The molecule has 1 saturated carbocycles. The highest BCUT2D eigenvalue weighted by Gasteiger charge is 2.37. The summed E-state index contributed by atoms with van der Waals surface area (Å²) in [4.78, 5) is 30.0. The molecule has 0 spiro atoms. The van der Waals surface area contributed by atoms with Gasteiger partial charge in [-0.2, -0.15) is 0 Å².